The Hall–Kier alpha value is -2.21. The van der Waals surface area contributed by atoms with Crippen molar-refractivity contribution in [2.24, 2.45) is 0 Å². The Morgan fingerprint density at radius 3 is 2.57 bits per heavy atom. The zero-order valence-corrected chi connectivity index (χ0v) is 14.1. The van der Waals surface area contributed by atoms with Crippen molar-refractivity contribution in [1.82, 2.24) is 4.90 Å². The highest BCUT2D eigenvalue weighted by atomic mass is 32.2. The summed E-state index contributed by atoms with van der Waals surface area (Å²) in [7, 11) is 3.38. The van der Waals surface area contributed by atoms with Crippen LogP contribution in [0.1, 0.15) is 22.8 Å². The minimum atomic E-state index is -0.914. The number of fused-ring (bicyclic) bond motifs is 1. The molecule has 2 rings (SSSR count). The lowest BCUT2D eigenvalue weighted by Crippen LogP contribution is -2.17. The minimum absolute atomic E-state index is 0.0647. The average molecular weight is 333 g/mol. The molecule has 0 spiro atoms. The standard InChI is InChI=1S/C17H19NO4S/c1-4-13-14-8-6-12(22-10-23-17(21)18(2)3)9-11(14)5-7-15(13)16(19)20/h5-9H,4,10H2,1-3H3,(H,19,20). The van der Waals surface area contributed by atoms with Crippen LogP contribution in [0, 0.1) is 0 Å². The summed E-state index contributed by atoms with van der Waals surface area (Å²) < 4.78 is 5.59. The number of hydrogen-bond donors (Lipinski definition) is 1. The molecular weight excluding hydrogens is 314 g/mol. The summed E-state index contributed by atoms with van der Waals surface area (Å²) in [5.41, 5.74) is 1.15. The number of carbonyl (C=O) groups is 2. The molecule has 0 aliphatic rings. The largest absolute Gasteiger partial charge is 0.482 e. The Bertz CT molecular complexity index is 743. The summed E-state index contributed by atoms with van der Waals surface area (Å²) in [5.74, 6) is -0.0273. The Morgan fingerprint density at radius 2 is 1.96 bits per heavy atom. The van der Waals surface area contributed by atoms with Crippen LogP contribution in [0.3, 0.4) is 0 Å². The van der Waals surface area contributed by atoms with Crippen LogP contribution in [0.4, 0.5) is 4.79 Å². The molecule has 6 heteroatoms. The van der Waals surface area contributed by atoms with Gasteiger partial charge in [0.15, 0.2) is 0 Å². The van der Waals surface area contributed by atoms with Gasteiger partial charge in [-0.15, -0.1) is 0 Å². The van der Waals surface area contributed by atoms with Gasteiger partial charge in [0.2, 0.25) is 0 Å². The number of hydrogen-bond acceptors (Lipinski definition) is 4. The number of carbonyl (C=O) groups excluding carboxylic acids is 1. The fourth-order valence-electron chi connectivity index (χ4n) is 2.32. The van der Waals surface area contributed by atoms with Gasteiger partial charge in [0, 0.05) is 14.1 Å². The summed E-state index contributed by atoms with van der Waals surface area (Å²) in [5, 5.41) is 11.0. The molecule has 0 fully saturated rings. The van der Waals surface area contributed by atoms with Gasteiger partial charge < -0.3 is 14.7 Å². The number of benzene rings is 2. The number of carboxylic acids is 1. The van der Waals surface area contributed by atoms with Gasteiger partial charge in [0.25, 0.3) is 5.24 Å². The molecule has 0 aliphatic heterocycles. The second kappa shape index (κ2) is 7.37. The SMILES string of the molecule is CCc1c(C(=O)O)ccc2cc(OCSC(=O)N(C)C)ccc12. The van der Waals surface area contributed by atoms with Gasteiger partial charge in [0.1, 0.15) is 11.7 Å². The van der Waals surface area contributed by atoms with Crippen molar-refractivity contribution in [3.63, 3.8) is 0 Å². The first-order valence-electron chi connectivity index (χ1n) is 7.19. The molecule has 5 nitrogen and oxygen atoms in total. The maximum absolute atomic E-state index is 11.5. The third-order valence-electron chi connectivity index (χ3n) is 3.46. The van der Waals surface area contributed by atoms with Crippen LogP contribution in [-0.2, 0) is 6.42 Å². The van der Waals surface area contributed by atoms with Crippen molar-refractivity contribution < 1.29 is 19.4 Å². The zero-order chi connectivity index (χ0) is 17.0. The number of carboxylic acid groups (broad SMARTS) is 1. The van der Waals surface area contributed by atoms with E-state index < -0.39 is 5.97 Å². The monoisotopic (exact) mass is 333 g/mol. The van der Waals surface area contributed by atoms with E-state index in [2.05, 4.69) is 0 Å². The van der Waals surface area contributed by atoms with E-state index in [1.165, 1.54) is 4.90 Å². The molecule has 0 radical (unpaired) electrons. The molecule has 0 saturated carbocycles. The normalized spacial score (nSPS) is 10.6. The summed E-state index contributed by atoms with van der Waals surface area (Å²) >= 11 is 1.09. The summed E-state index contributed by atoms with van der Waals surface area (Å²) in [6.07, 6.45) is 0.645. The number of amides is 1. The Kier molecular flexibility index (Phi) is 5.50. The number of aromatic carboxylic acids is 1. The van der Waals surface area contributed by atoms with E-state index in [1.807, 2.05) is 19.1 Å². The number of ether oxygens (including phenoxy) is 1. The molecule has 0 saturated heterocycles. The topological polar surface area (TPSA) is 66.8 Å². The molecule has 0 bridgehead atoms. The fourth-order valence-corrected chi connectivity index (χ4v) is 2.87. The quantitative estimate of drug-likeness (QED) is 0.842. The molecule has 1 N–H and O–H groups in total. The maximum Gasteiger partial charge on any atom is 0.335 e. The second-order valence-corrected chi connectivity index (χ2v) is 6.07. The first-order chi connectivity index (χ1) is 10.9. The third kappa shape index (κ3) is 3.96. The molecule has 0 unspecified atom stereocenters. The van der Waals surface area contributed by atoms with Crippen molar-refractivity contribution in [1.29, 1.82) is 0 Å². The van der Waals surface area contributed by atoms with Crippen molar-refractivity contribution in [3.05, 3.63) is 41.5 Å². The number of thioether (sulfide) groups is 1. The lowest BCUT2D eigenvalue weighted by atomic mass is 9.97. The van der Waals surface area contributed by atoms with Gasteiger partial charge in [-0.1, -0.05) is 19.1 Å². The van der Waals surface area contributed by atoms with Crippen LogP contribution in [-0.4, -0.2) is 41.2 Å². The van der Waals surface area contributed by atoms with Gasteiger partial charge in [-0.25, -0.2) is 4.79 Å². The van der Waals surface area contributed by atoms with E-state index in [1.54, 1.807) is 32.3 Å². The van der Waals surface area contributed by atoms with Gasteiger partial charge in [-0.2, -0.15) is 0 Å². The molecule has 0 atom stereocenters. The van der Waals surface area contributed by atoms with E-state index in [-0.39, 0.29) is 11.2 Å². The van der Waals surface area contributed by atoms with Crippen LogP contribution in [0.15, 0.2) is 30.3 Å². The highest BCUT2D eigenvalue weighted by molar-refractivity contribution is 8.13. The molecule has 0 heterocycles. The molecule has 23 heavy (non-hydrogen) atoms. The number of rotatable bonds is 5. The molecule has 2 aromatic rings. The second-order valence-electron chi connectivity index (χ2n) is 5.20. The van der Waals surface area contributed by atoms with Crippen molar-refractivity contribution in [2.75, 3.05) is 20.0 Å². The number of nitrogens with zero attached hydrogens (tertiary/aromatic N) is 1. The van der Waals surface area contributed by atoms with Gasteiger partial charge >= 0.3 is 5.97 Å². The summed E-state index contributed by atoms with van der Waals surface area (Å²) in [4.78, 5) is 24.3. The zero-order valence-electron chi connectivity index (χ0n) is 13.3. The lowest BCUT2D eigenvalue weighted by Gasteiger charge is -2.12. The molecule has 0 aromatic heterocycles. The van der Waals surface area contributed by atoms with Crippen LogP contribution in [0.25, 0.3) is 10.8 Å². The first kappa shape index (κ1) is 17.1. The predicted molar refractivity (Wildman–Crippen MR) is 92.5 cm³/mol. The Morgan fingerprint density at radius 1 is 1.22 bits per heavy atom. The fraction of sp³-hybridized carbons (Fsp3) is 0.294. The minimum Gasteiger partial charge on any atom is -0.482 e. The third-order valence-corrected chi connectivity index (χ3v) is 4.31. The maximum atomic E-state index is 11.5. The van der Waals surface area contributed by atoms with E-state index in [9.17, 15) is 14.7 Å². The van der Waals surface area contributed by atoms with E-state index in [0.717, 1.165) is 28.1 Å². The van der Waals surface area contributed by atoms with Crippen molar-refractivity contribution in [3.8, 4) is 5.75 Å². The summed E-state index contributed by atoms with van der Waals surface area (Å²) in [6, 6.07) is 8.93. The van der Waals surface area contributed by atoms with Crippen LogP contribution < -0.4 is 4.74 Å². The van der Waals surface area contributed by atoms with Crippen LogP contribution in [0.2, 0.25) is 0 Å². The van der Waals surface area contributed by atoms with E-state index in [4.69, 9.17) is 4.74 Å². The first-order valence-corrected chi connectivity index (χ1v) is 8.18. The average Bonchev–Trinajstić information content (AvgIpc) is 2.52. The Labute approximate surface area is 139 Å². The van der Waals surface area contributed by atoms with Crippen LogP contribution >= 0.6 is 11.8 Å². The molecule has 0 aliphatic carbocycles. The predicted octanol–water partition coefficient (Wildman–Crippen LogP) is 3.85. The molecule has 2 aromatic carbocycles. The van der Waals surface area contributed by atoms with Gasteiger partial charge in [-0.3, -0.25) is 4.79 Å². The van der Waals surface area contributed by atoms with Gasteiger partial charge in [0.05, 0.1) is 5.56 Å². The van der Waals surface area contributed by atoms with E-state index in [0.29, 0.717) is 17.7 Å². The van der Waals surface area contributed by atoms with Crippen LogP contribution in [0.5, 0.6) is 5.75 Å². The highest BCUT2D eigenvalue weighted by Crippen LogP contribution is 2.27. The molecule has 122 valence electrons. The number of aryl methyl sites for hydroxylation is 1. The Balaban J connectivity index is 2.21. The highest BCUT2D eigenvalue weighted by Gasteiger charge is 2.12. The molecular formula is C17H19NO4S. The lowest BCUT2D eigenvalue weighted by molar-refractivity contribution is 0.0696. The van der Waals surface area contributed by atoms with Crippen molar-refractivity contribution in [2.45, 2.75) is 13.3 Å². The van der Waals surface area contributed by atoms with E-state index >= 15 is 0 Å². The summed E-state index contributed by atoms with van der Waals surface area (Å²) in [6.45, 7) is 1.94. The van der Waals surface area contributed by atoms with Crippen molar-refractivity contribution >= 4 is 33.7 Å². The van der Waals surface area contributed by atoms with Gasteiger partial charge in [-0.05, 0) is 52.7 Å². The smallest absolute Gasteiger partial charge is 0.335 e. The molecule has 1 amide bonds.